The average Bonchev–Trinajstić information content (AvgIpc) is 2.54. The van der Waals surface area contributed by atoms with Crippen LogP contribution in [0.15, 0.2) is 40.3 Å². The van der Waals surface area contributed by atoms with Crippen LogP contribution in [0.3, 0.4) is 0 Å². The van der Waals surface area contributed by atoms with Gasteiger partial charge in [-0.15, -0.1) is 11.3 Å². The topological polar surface area (TPSA) is 12.9 Å². The molecule has 0 atom stereocenters. The highest BCUT2D eigenvalue weighted by atomic mass is 79.9. The van der Waals surface area contributed by atoms with E-state index < -0.39 is 0 Å². The van der Waals surface area contributed by atoms with Crippen molar-refractivity contribution in [2.75, 3.05) is 0 Å². The maximum atomic E-state index is 4.26. The molecular weight excluding hydrogens is 234 g/mol. The average molecular weight is 240 g/mol. The standard InChI is InChI=1S/C9H6BrNS/c10-8-6-11-9(12-8)7-4-2-1-3-5-7/h1-6H. The number of nitrogens with zero attached hydrogens (tertiary/aromatic N) is 1. The third-order valence-electron chi connectivity index (χ3n) is 1.50. The molecule has 1 aromatic carbocycles. The second-order valence-electron chi connectivity index (χ2n) is 2.34. The van der Waals surface area contributed by atoms with Crippen LogP contribution in [0.25, 0.3) is 10.6 Å². The fourth-order valence-corrected chi connectivity index (χ4v) is 2.18. The fraction of sp³-hybridized carbons (Fsp3) is 0. The predicted octanol–water partition coefficient (Wildman–Crippen LogP) is 3.57. The van der Waals surface area contributed by atoms with Gasteiger partial charge in [0.1, 0.15) is 5.01 Å². The first kappa shape index (κ1) is 7.95. The first-order valence-corrected chi connectivity index (χ1v) is 5.14. The zero-order chi connectivity index (χ0) is 8.39. The van der Waals surface area contributed by atoms with Gasteiger partial charge in [-0.3, -0.25) is 0 Å². The predicted molar refractivity (Wildman–Crippen MR) is 55.3 cm³/mol. The summed E-state index contributed by atoms with van der Waals surface area (Å²) >= 11 is 5.03. The second-order valence-corrected chi connectivity index (χ2v) is 4.75. The van der Waals surface area contributed by atoms with Crippen LogP contribution >= 0.6 is 27.3 Å². The molecule has 0 amide bonds. The molecule has 0 unspecified atom stereocenters. The van der Waals surface area contributed by atoms with Gasteiger partial charge in [-0.2, -0.15) is 0 Å². The van der Waals surface area contributed by atoms with Gasteiger partial charge in [0.2, 0.25) is 0 Å². The molecule has 0 aliphatic rings. The molecule has 0 aliphatic heterocycles. The quantitative estimate of drug-likeness (QED) is 0.742. The summed E-state index contributed by atoms with van der Waals surface area (Å²) in [7, 11) is 0. The van der Waals surface area contributed by atoms with Crippen molar-refractivity contribution in [1.82, 2.24) is 4.98 Å². The van der Waals surface area contributed by atoms with Gasteiger partial charge < -0.3 is 0 Å². The molecule has 0 bridgehead atoms. The molecule has 0 radical (unpaired) electrons. The minimum absolute atomic E-state index is 1.06. The smallest absolute Gasteiger partial charge is 0.124 e. The van der Waals surface area contributed by atoms with Crippen molar-refractivity contribution in [3.05, 3.63) is 40.3 Å². The summed E-state index contributed by atoms with van der Waals surface area (Å²) in [6, 6.07) is 10.2. The van der Waals surface area contributed by atoms with E-state index in [4.69, 9.17) is 0 Å². The van der Waals surface area contributed by atoms with Gasteiger partial charge in [-0.25, -0.2) is 4.98 Å². The van der Waals surface area contributed by atoms with E-state index in [-0.39, 0.29) is 0 Å². The van der Waals surface area contributed by atoms with Gasteiger partial charge in [-0.1, -0.05) is 30.3 Å². The van der Waals surface area contributed by atoms with E-state index in [0.717, 1.165) is 8.79 Å². The molecule has 0 spiro atoms. The normalized spacial score (nSPS) is 10.1. The lowest BCUT2D eigenvalue weighted by Crippen LogP contribution is -1.71. The van der Waals surface area contributed by atoms with Crippen LogP contribution in [0.4, 0.5) is 0 Å². The molecule has 1 nitrogen and oxygen atoms in total. The Hall–Kier alpha value is -0.670. The number of rotatable bonds is 1. The molecule has 12 heavy (non-hydrogen) atoms. The van der Waals surface area contributed by atoms with Crippen LogP contribution in [-0.2, 0) is 0 Å². The third kappa shape index (κ3) is 1.57. The van der Waals surface area contributed by atoms with Crippen LogP contribution in [0.2, 0.25) is 0 Å². The molecule has 0 fully saturated rings. The van der Waals surface area contributed by atoms with Crippen molar-refractivity contribution < 1.29 is 0 Å². The fourth-order valence-electron chi connectivity index (χ4n) is 0.969. The molecule has 0 saturated heterocycles. The molecule has 60 valence electrons. The van der Waals surface area contributed by atoms with Gasteiger partial charge in [0.25, 0.3) is 0 Å². The molecule has 0 saturated carbocycles. The number of benzene rings is 1. The van der Waals surface area contributed by atoms with Crippen LogP contribution in [0, 0.1) is 0 Å². The van der Waals surface area contributed by atoms with E-state index >= 15 is 0 Å². The molecule has 1 heterocycles. The van der Waals surface area contributed by atoms with Gasteiger partial charge in [0.05, 0.1) is 9.98 Å². The SMILES string of the molecule is Brc1cnc(-c2ccccc2)s1. The van der Waals surface area contributed by atoms with Crippen molar-refractivity contribution >= 4 is 27.3 Å². The van der Waals surface area contributed by atoms with Gasteiger partial charge >= 0.3 is 0 Å². The Morgan fingerprint density at radius 1 is 1.17 bits per heavy atom. The van der Waals surface area contributed by atoms with E-state index in [1.54, 1.807) is 11.3 Å². The summed E-state index contributed by atoms with van der Waals surface area (Å²) in [5.74, 6) is 0. The number of thiazole rings is 1. The van der Waals surface area contributed by atoms with Crippen molar-refractivity contribution in [3.63, 3.8) is 0 Å². The molecule has 0 aliphatic carbocycles. The van der Waals surface area contributed by atoms with Gasteiger partial charge in [-0.05, 0) is 15.9 Å². The van der Waals surface area contributed by atoms with Crippen LogP contribution in [0.1, 0.15) is 0 Å². The maximum absolute atomic E-state index is 4.26. The molecule has 0 N–H and O–H groups in total. The molecule has 2 rings (SSSR count). The highest BCUT2D eigenvalue weighted by Gasteiger charge is 2.00. The Morgan fingerprint density at radius 2 is 1.92 bits per heavy atom. The van der Waals surface area contributed by atoms with E-state index in [1.807, 2.05) is 24.4 Å². The van der Waals surface area contributed by atoms with Crippen molar-refractivity contribution in [3.8, 4) is 10.6 Å². The first-order valence-electron chi connectivity index (χ1n) is 3.53. The highest BCUT2D eigenvalue weighted by molar-refractivity contribution is 9.11. The van der Waals surface area contributed by atoms with Gasteiger partial charge in [0, 0.05) is 5.56 Å². The summed E-state index contributed by atoms with van der Waals surface area (Å²) in [5, 5.41) is 1.06. The Kier molecular flexibility index (Phi) is 2.23. The second kappa shape index (κ2) is 3.37. The first-order chi connectivity index (χ1) is 5.86. The minimum atomic E-state index is 1.06. The highest BCUT2D eigenvalue weighted by Crippen LogP contribution is 2.27. The summed E-state index contributed by atoms with van der Waals surface area (Å²) in [6.45, 7) is 0. The minimum Gasteiger partial charge on any atom is -0.243 e. The van der Waals surface area contributed by atoms with E-state index in [2.05, 4.69) is 33.0 Å². The maximum Gasteiger partial charge on any atom is 0.124 e. The largest absolute Gasteiger partial charge is 0.243 e. The summed E-state index contributed by atoms with van der Waals surface area (Å²) in [4.78, 5) is 4.26. The Labute approximate surface area is 83.2 Å². The molecular formula is C9H6BrNS. The van der Waals surface area contributed by atoms with Crippen LogP contribution in [-0.4, -0.2) is 4.98 Å². The molecule has 3 heteroatoms. The number of aromatic nitrogens is 1. The molecule has 1 aromatic heterocycles. The van der Waals surface area contributed by atoms with E-state index in [9.17, 15) is 0 Å². The number of hydrogen-bond acceptors (Lipinski definition) is 2. The number of hydrogen-bond donors (Lipinski definition) is 0. The summed E-state index contributed by atoms with van der Waals surface area (Å²) in [5.41, 5.74) is 1.17. The van der Waals surface area contributed by atoms with E-state index in [1.165, 1.54) is 5.56 Å². The summed E-state index contributed by atoms with van der Waals surface area (Å²) < 4.78 is 1.07. The summed E-state index contributed by atoms with van der Waals surface area (Å²) in [6.07, 6.45) is 1.83. The lowest BCUT2D eigenvalue weighted by molar-refractivity contribution is 1.41. The zero-order valence-electron chi connectivity index (χ0n) is 6.20. The molecule has 2 aromatic rings. The van der Waals surface area contributed by atoms with E-state index in [0.29, 0.717) is 0 Å². The Bertz CT molecular complexity index is 369. The van der Waals surface area contributed by atoms with Crippen molar-refractivity contribution in [2.24, 2.45) is 0 Å². The lowest BCUT2D eigenvalue weighted by atomic mass is 10.2. The van der Waals surface area contributed by atoms with Gasteiger partial charge in [0.15, 0.2) is 0 Å². The number of halogens is 1. The monoisotopic (exact) mass is 239 g/mol. The van der Waals surface area contributed by atoms with Crippen molar-refractivity contribution in [2.45, 2.75) is 0 Å². The third-order valence-corrected chi connectivity index (χ3v) is 3.02. The Morgan fingerprint density at radius 3 is 2.50 bits per heavy atom. The van der Waals surface area contributed by atoms with Crippen molar-refractivity contribution in [1.29, 1.82) is 0 Å². The van der Waals surface area contributed by atoms with Crippen LogP contribution < -0.4 is 0 Å². The lowest BCUT2D eigenvalue weighted by Gasteiger charge is -1.91. The Balaban J connectivity index is 2.45. The zero-order valence-corrected chi connectivity index (χ0v) is 8.60. The van der Waals surface area contributed by atoms with Crippen LogP contribution in [0.5, 0.6) is 0 Å².